The predicted molar refractivity (Wildman–Crippen MR) is 182 cm³/mol. The summed E-state index contributed by atoms with van der Waals surface area (Å²) in [6.45, 7) is 11.0. The Morgan fingerprint density at radius 2 is 1.54 bits per heavy atom. The van der Waals surface area contributed by atoms with Crippen molar-refractivity contribution in [3.63, 3.8) is 0 Å². The highest BCUT2D eigenvalue weighted by Gasteiger charge is 2.33. The van der Waals surface area contributed by atoms with Crippen LogP contribution in [0.1, 0.15) is 72.8 Å². The molecule has 0 spiro atoms. The molecule has 6 atom stereocenters. The molecule has 13 nitrogen and oxygen atoms in total. The minimum absolute atomic E-state index is 0.0850. The Bertz CT molecular complexity index is 1390. The number of carbonyl (C=O) groups is 5. The fourth-order valence-corrected chi connectivity index (χ4v) is 5.33. The molecular formula is C35H52F2N6O7. The third-order valence-corrected chi connectivity index (χ3v) is 8.36. The quantitative estimate of drug-likeness (QED) is 0.114. The van der Waals surface area contributed by atoms with Gasteiger partial charge in [0.1, 0.15) is 29.8 Å². The van der Waals surface area contributed by atoms with Gasteiger partial charge in [0.05, 0.1) is 25.1 Å². The largest absolute Gasteiger partial charge is 0.390 e. The van der Waals surface area contributed by atoms with Crippen LogP contribution in [0.5, 0.6) is 0 Å². The van der Waals surface area contributed by atoms with Crippen LogP contribution in [-0.4, -0.2) is 88.3 Å². The Balaban J connectivity index is 2.29. The van der Waals surface area contributed by atoms with Crippen molar-refractivity contribution in [1.29, 1.82) is 0 Å². The van der Waals surface area contributed by atoms with Gasteiger partial charge in [0.15, 0.2) is 0 Å². The minimum Gasteiger partial charge on any atom is -0.390 e. The molecule has 0 unspecified atom stereocenters. The number of nitrogens with one attached hydrogen (secondary N) is 5. The van der Waals surface area contributed by atoms with E-state index in [9.17, 15) is 43.1 Å². The van der Waals surface area contributed by atoms with Gasteiger partial charge in [-0.15, -0.1) is 0 Å². The lowest BCUT2D eigenvalue weighted by Crippen LogP contribution is -2.58. The first-order chi connectivity index (χ1) is 23.6. The standard InChI is InChI=1S/C35H52F2N6O7/c1-7-10-26(39-35(49)31(21(6)8-2)42-32(46)23-11-13-43(50)14-12-23)33(47)40-27(17-22-15-24(36)18-25(37)16-22)28(44)19-29(45)41-30(20(4)5)34(48)38-9-3/h11-13,15-16,18,20-21,26-28,30-31,44,50H,7-10,14,17,19H2,1-6H3,(H,38,48)(H,39,49)(H,40,47)(H,41,45)(H,42,46)/t21-,26-,27-,28-,30-,31-/m0/s1. The van der Waals surface area contributed by atoms with Gasteiger partial charge in [-0.25, -0.2) is 8.78 Å². The maximum absolute atomic E-state index is 14.1. The zero-order chi connectivity index (χ0) is 37.5. The number of hydrogen-bond donors (Lipinski definition) is 7. The molecule has 0 aliphatic carbocycles. The summed E-state index contributed by atoms with van der Waals surface area (Å²) < 4.78 is 28.2. The molecular weight excluding hydrogens is 654 g/mol. The number of benzene rings is 1. The van der Waals surface area contributed by atoms with Crippen LogP contribution in [0, 0.1) is 23.5 Å². The molecule has 50 heavy (non-hydrogen) atoms. The lowest BCUT2D eigenvalue weighted by atomic mass is 9.96. The molecule has 1 aliphatic heterocycles. The van der Waals surface area contributed by atoms with Crippen LogP contribution in [0.3, 0.4) is 0 Å². The van der Waals surface area contributed by atoms with Crippen LogP contribution in [0.15, 0.2) is 42.1 Å². The van der Waals surface area contributed by atoms with Crippen molar-refractivity contribution in [1.82, 2.24) is 31.6 Å². The first kappa shape index (κ1) is 41.8. The van der Waals surface area contributed by atoms with Crippen molar-refractivity contribution in [2.45, 2.75) is 104 Å². The number of rotatable bonds is 19. The summed E-state index contributed by atoms with van der Waals surface area (Å²) in [4.78, 5) is 65.7. The summed E-state index contributed by atoms with van der Waals surface area (Å²) in [7, 11) is 0. The number of amides is 5. The number of halogens is 2. The highest BCUT2D eigenvalue weighted by atomic mass is 19.1. The molecule has 7 N–H and O–H groups in total. The SMILES string of the molecule is CCC[C@H](NC(=O)[C@@H](NC(=O)C1=CCN(O)C=C1)[C@@H](C)CC)C(=O)N[C@@H](Cc1cc(F)cc(F)c1)[C@@H](O)CC(=O)N[C@H](C(=O)NCC)C(C)C. The fourth-order valence-electron chi connectivity index (χ4n) is 5.33. The zero-order valence-electron chi connectivity index (χ0n) is 29.6. The first-order valence-corrected chi connectivity index (χ1v) is 17.0. The monoisotopic (exact) mass is 706 g/mol. The molecule has 0 aromatic heterocycles. The van der Waals surface area contributed by atoms with Gasteiger partial charge >= 0.3 is 0 Å². The van der Waals surface area contributed by atoms with E-state index in [1.165, 1.54) is 18.4 Å². The summed E-state index contributed by atoms with van der Waals surface area (Å²) in [5.74, 6) is -5.34. The minimum atomic E-state index is -1.57. The van der Waals surface area contributed by atoms with Crippen molar-refractivity contribution < 1.29 is 43.1 Å². The number of aliphatic hydroxyl groups is 1. The van der Waals surface area contributed by atoms with Crippen LogP contribution in [-0.2, 0) is 30.4 Å². The summed E-state index contributed by atoms with van der Waals surface area (Å²) in [5, 5.41) is 35.0. The van der Waals surface area contributed by atoms with Crippen molar-refractivity contribution in [3.8, 4) is 0 Å². The van der Waals surface area contributed by atoms with Gasteiger partial charge < -0.3 is 31.7 Å². The van der Waals surface area contributed by atoms with Crippen LogP contribution in [0.25, 0.3) is 0 Å². The molecule has 0 saturated carbocycles. The molecule has 278 valence electrons. The number of likely N-dealkylation sites (N-methyl/N-ethyl adjacent to an activating group) is 1. The molecule has 2 rings (SSSR count). The molecule has 1 aromatic carbocycles. The van der Waals surface area contributed by atoms with E-state index in [0.717, 1.165) is 17.2 Å². The molecule has 15 heteroatoms. The number of nitrogens with zero attached hydrogens (tertiary/aromatic N) is 1. The highest BCUT2D eigenvalue weighted by Crippen LogP contribution is 2.16. The second-order valence-corrected chi connectivity index (χ2v) is 12.8. The summed E-state index contributed by atoms with van der Waals surface area (Å²) >= 11 is 0. The summed E-state index contributed by atoms with van der Waals surface area (Å²) in [6.07, 6.45) is 2.94. The Kier molecular flexibility index (Phi) is 17.0. The average Bonchev–Trinajstić information content (AvgIpc) is 3.04. The number of carbonyl (C=O) groups excluding carboxylic acids is 5. The van der Waals surface area contributed by atoms with Crippen LogP contribution < -0.4 is 26.6 Å². The normalized spacial score (nSPS) is 16.3. The van der Waals surface area contributed by atoms with E-state index in [0.29, 0.717) is 25.5 Å². The maximum Gasteiger partial charge on any atom is 0.251 e. The lowest BCUT2D eigenvalue weighted by molar-refractivity contribution is -0.133. The van der Waals surface area contributed by atoms with Crippen molar-refractivity contribution in [2.24, 2.45) is 11.8 Å². The molecule has 0 bridgehead atoms. The fraction of sp³-hybridized carbons (Fsp3) is 0.571. The molecule has 1 heterocycles. The Labute approximate surface area is 292 Å². The Morgan fingerprint density at radius 1 is 0.880 bits per heavy atom. The highest BCUT2D eigenvalue weighted by molar-refractivity contribution is 6.00. The molecule has 5 amide bonds. The number of aliphatic hydroxyl groups excluding tert-OH is 1. The smallest absolute Gasteiger partial charge is 0.251 e. The van der Waals surface area contributed by atoms with E-state index in [2.05, 4.69) is 26.6 Å². The second-order valence-electron chi connectivity index (χ2n) is 12.8. The number of hydrogen-bond acceptors (Lipinski definition) is 8. The van der Waals surface area contributed by atoms with Gasteiger partial charge in [0.2, 0.25) is 23.6 Å². The van der Waals surface area contributed by atoms with E-state index >= 15 is 0 Å². The van der Waals surface area contributed by atoms with Crippen LogP contribution in [0.2, 0.25) is 0 Å². The molecule has 0 radical (unpaired) electrons. The zero-order valence-corrected chi connectivity index (χ0v) is 29.6. The molecule has 0 fully saturated rings. The average molecular weight is 707 g/mol. The van der Waals surface area contributed by atoms with Gasteiger partial charge in [0.25, 0.3) is 5.91 Å². The summed E-state index contributed by atoms with van der Waals surface area (Å²) in [6, 6.07) is -1.54. The first-order valence-electron chi connectivity index (χ1n) is 17.0. The van der Waals surface area contributed by atoms with Gasteiger partial charge in [-0.1, -0.05) is 47.5 Å². The van der Waals surface area contributed by atoms with Crippen LogP contribution in [0.4, 0.5) is 8.78 Å². The second kappa shape index (κ2) is 20.3. The van der Waals surface area contributed by atoms with E-state index in [1.807, 2.05) is 6.92 Å². The van der Waals surface area contributed by atoms with Gasteiger partial charge in [-0.2, -0.15) is 0 Å². The van der Waals surface area contributed by atoms with Crippen molar-refractivity contribution in [3.05, 3.63) is 59.3 Å². The van der Waals surface area contributed by atoms with Crippen LogP contribution >= 0.6 is 0 Å². The van der Waals surface area contributed by atoms with E-state index in [1.54, 1.807) is 34.6 Å². The van der Waals surface area contributed by atoms with E-state index < -0.39 is 77.9 Å². The van der Waals surface area contributed by atoms with Gasteiger partial charge in [-0.3, -0.25) is 34.2 Å². The third-order valence-electron chi connectivity index (χ3n) is 8.36. The van der Waals surface area contributed by atoms with Gasteiger partial charge in [0, 0.05) is 24.4 Å². The predicted octanol–water partition coefficient (Wildman–Crippen LogP) is 1.98. The topological polar surface area (TPSA) is 189 Å². The Morgan fingerprint density at radius 3 is 2.08 bits per heavy atom. The third kappa shape index (κ3) is 13.2. The Hall–Kier alpha value is -4.37. The molecule has 0 saturated heterocycles. The number of hydroxylamine groups is 2. The summed E-state index contributed by atoms with van der Waals surface area (Å²) in [5.41, 5.74) is 0.347. The van der Waals surface area contributed by atoms with E-state index in [4.69, 9.17) is 0 Å². The molecule has 1 aromatic rings. The molecule has 1 aliphatic rings. The van der Waals surface area contributed by atoms with Crippen molar-refractivity contribution in [2.75, 3.05) is 13.1 Å². The van der Waals surface area contributed by atoms with Gasteiger partial charge in [-0.05, 0) is 61.4 Å². The van der Waals surface area contributed by atoms with Crippen molar-refractivity contribution >= 4 is 29.5 Å². The lowest BCUT2D eigenvalue weighted by Gasteiger charge is -2.29. The van der Waals surface area contributed by atoms with E-state index in [-0.39, 0.29) is 42.4 Å². The maximum atomic E-state index is 14.1.